The van der Waals surface area contributed by atoms with Gasteiger partial charge in [-0.1, -0.05) is 48.5 Å². The molecule has 1 unspecified atom stereocenters. The molecule has 0 aromatic heterocycles. The zero-order chi connectivity index (χ0) is 19.4. The first-order valence-electron chi connectivity index (χ1n) is 8.26. The molecule has 1 atom stereocenters. The molecule has 1 aliphatic rings. The number of hydrogen-bond acceptors (Lipinski definition) is 5. The summed E-state index contributed by atoms with van der Waals surface area (Å²) in [6, 6.07) is 19.0. The minimum atomic E-state index is -0.625. The van der Waals surface area contributed by atoms with Crippen molar-refractivity contribution in [3.05, 3.63) is 92.1 Å². The Bertz CT molecular complexity index is 974. The summed E-state index contributed by atoms with van der Waals surface area (Å²) in [6.07, 6.45) is 0. The molecule has 0 saturated heterocycles. The van der Waals surface area contributed by atoms with Crippen molar-refractivity contribution < 1.29 is 14.3 Å². The van der Waals surface area contributed by atoms with Gasteiger partial charge in [0, 0.05) is 3.57 Å². The molecule has 0 aliphatic carbocycles. The fourth-order valence-electron chi connectivity index (χ4n) is 2.97. The first kappa shape index (κ1) is 19.0. The maximum atomic E-state index is 12.9. The lowest BCUT2D eigenvalue weighted by Crippen LogP contribution is -2.26. The lowest BCUT2D eigenvalue weighted by atomic mass is 9.83. The van der Waals surface area contributed by atoms with Crippen molar-refractivity contribution in [3.63, 3.8) is 0 Å². The van der Waals surface area contributed by atoms with Gasteiger partial charge in [-0.05, 0) is 46.7 Å². The van der Waals surface area contributed by atoms with E-state index in [4.69, 9.17) is 15.2 Å². The van der Waals surface area contributed by atoms with Crippen LogP contribution in [0.4, 0.5) is 0 Å². The molecule has 27 heavy (non-hydrogen) atoms. The van der Waals surface area contributed by atoms with Crippen LogP contribution in [0.25, 0.3) is 0 Å². The number of nitrogens with two attached hydrogens (primary N) is 1. The fourth-order valence-corrected chi connectivity index (χ4v) is 3.67. The Labute approximate surface area is 171 Å². The number of carbonyl (C=O) groups is 1. The summed E-state index contributed by atoms with van der Waals surface area (Å²) < 4.78 is 11.9. The van der Waals surface area contributed by atoms with E-state index < -0.39 is 11.9 Å². The van der Waals surface area contributed by atoms with Crippen LogP contribution in [0.3, 0.4) is 0 Å². The molecule has 6 heteroatoms. The topological polar surface area (TPSA) is 85.3 Å². The highest BCUT2D eigenvalue weighted by molar-refractivity contribution is 14.1. The van der Waals surface area contributed by atoms with Crippen molar-refractivity contribution in [2.75, 3.05) is 0 Å². The molecule has 5 nitrogen and oxygen atoms in total. The van der Waals surface area contributed by atoms with E-state index in [0.29, 0.717) is 11.3 Å². The van der Waals surface area contributed by atoms with Gasteiger partial charge in [-0.2, -0.15) is 5.26 Å². The minimum absolute atomic E-state index is 0.0132. The molecule has 3 rings (SSSR count). The summed E-state index contributed by atoms with van der Waals surface area (Å²) >= 11 is 2.18. The van der Waals surface area contributed by atoms with Gasteiger partial charge in [-0.15, -0.1) is 0 Å². The standard InChI is InChI=1S/C21H17IN2O3/c1-13-18(21(25)26-12-14-7-3-2-4-8-14)19(16(11-23)20(24)27-13)15-9-5-6-10-17(15)22/h2-10,19H,12,24H2,1H3. The van der Waals surface area contributed by atoms with E-state index in [1.165, 1.54) is 0 Å². The number of benzene rings is 2. The number of nitrogens with zero attached hydrogens (tertiary/aromatic N) is 1. The summed E-state index contributed by atoms with van der Waals surface area (Å²) in [5.74, 6) is -0.796. The number of esters is 1. The molecule has 1 heterocycles. The Balaban J connectivity index is 1.98. The molecule has 1 aliphatic heterocycles. The van der Waals surface area contributed by atoms with Crippen molar-refractivity contribution in [1.29, 1.82) is 5.26 Å². The van der Waals surface area contributed by atoms with Gasteiger partial charge >= 0.3 is 5.97 Å². The average Bonchev–Trinajstić information content (AvgIpc) is 2.67. The maximum absolute atomic E-state index is 12.9. The quantitative estimate of drug-likeness (QED) is 0.535. The smallest absolute Gasteiger partial charge is 0.338 e. The lowest BCUT2D eigenvalue weighted by Gasteiger charge is -2.27. The molecule has 0 fully saturated rings. The third-order valence-electron chi connectivity index (χ3n) is 4.25. The first-order chi connectivity index (χ1) is 13.0. The summed E-state index contributed by atoms with van der Waals surface area (Å²) in [5.41, 5.74) is 8.12. The van der Waals surface area contributed by atoms with Crippen molar-refractivity contribution in [2.45, 2.75) is 19.4 Å². The number of halogens is 1. The highest BCUT2D eigenvalue weighted by Crippen LogP contribution is 2.41. The second-order valence-corrected chi connectivity index (χ2v) is 7.14. The highest BCUT2D eigenvalue weighted by Gasteiger charge is 2.37. The molecule has 0 radical (unpaired) electrons. The first-order valence-corrected chi connectivity index (χ1v) is 9.34. The van der Waals surface area contributed by atoms with Gasteiger partial charge in [0.2, 0.25) is 5.88 Å². The number of ether oxygens (including phenoxy) is 2. The monoisotopic (exact) mass is 472 g/mol. The zero-order valence-electron chi connectivity index (χ0n) is 14.6. The fraction of sp³-hybridized carbons (Fsp3) is 0.143. The second kappa shape index (κ2) is 8.27. The van der Waals surface area contributed by atoms with Crippen molar-refractivity contribution in [2.24, 2.45) is 5.73 Å². The molecule has 0 amide bonds. The Hall–Kier alpha value is -2.79. The van der Waals surface area contributed by atoms with Gasteiger partial charge in [0.1, 0.15) is 24.0 Å². The molecule has 2 aromatic carbocycles. The van der Waals surface area contributed by atoms with Gasteiger partial charge in [-0.3, -0.25) is 0 Å². The Morgan fingerprint density at radius 2 is 1.89 bits per heavy atom. The van der Waals surface area contributed by atoms with Gasteiger partial charge in [0.25, 0.3) is 0 Å². The van der Waals surface area contributed by atoms with Crippen LogP contribution in [0.5, 0.6) is 0 Å². The average molecular weight is 472 g/mol. The molecular weight excluding hydrogens is 455 g/mol. The number of nitriles is 1. The number of carbonyl (C=O) groups excluding carboxylic acids is 1. The van der Waals surface area contributed by atoms with Crippen LogP contribution in [0.2, 0.25) is 0 Å². The van der Waals surface area contributed by atoms with Crippen molar-refractivity contribution in [3.8, 4) is 6.07 Å². The summed E-state index contributed by atoms with van der Waals surface area (Å²) in [7, 11) is 0. The zero-order valence-corrected chi connectivity index (χ0v) is 16.8. The molecule has 136 valence electrons. The minimum Gasteiger partial charge on any atom is -0.457 e. The normalized spacial score (nSPS) is 16.6. The van der Waals surface area contributed by atoms with E-state index in [2.05, 4.69) is 28.7 Å². The molecular formula is C21H17IN2O3. The van der Waals surface area contributed by atoms with Gasteiger partial charge in [0.15, 0.2) is 0 Å². The van der Waals surface area contributed by atoms with Crippen LogP contribution in [-0.2, 0) is 20.9 Å². The van der Waals surface area contributed by atoms with Crippen LogP contribution in [0.15, 0.2) is 77.4 Å². The third kappa shape index (κ3) is 3.98. The van der Waals surface area contributed by atoms with Crippen molar-refractivity contribution in [1.82, 2.24) is 0 Å². The van der Waals surface area contributed by atoms with E-state index in [1.54, 1.807) is 6.92 Å². The maximum Gasteiger partial charge on any atom is 0.338 e. The Morgan fingerprint density at radius 3 is 2.56 bits per heavy atom. The van der Waals surface area contributed by atoms with Crippen LogP contribution < -0.4 is 5.73 Å². The predicted octanol–water partition coefficient (Wildman–Crippen LogP) is 4.12. The molecule has 2 N–H and O–H groups in total. The van der Waals surface area contributed by atoms with Gasteiger partial charge in [0.05, 0.1) is 11.5 Å². The van der Waals surface area contributed by atoms with Crippen LogP contribution >= 0.6 is 22.6 Å². The number of allylic oxidation sites excluding steroid dienone is 2. The molecule has 2 aromatic rings. The summed E-state index contributed by atoms with van der Waals surface area (Å²) in [4.78, 5) is 12.9. The van der Waals surface area contributed by atoms with Gasteiger partial charge < -0.3 is 15.2 Å². The third-order valence-corrected chi connectivity index (χ3v) is 5.24. The second-order valence-electron chi connectivity index (χ2n) is 5.98. The Morgan fingerprint density at radius 1 is 1.22 bits per heavy atom. The van der Waals surface area contributed by atoms with E-state index in [9.17, 15) is 10.1 Å². The van der Waals surface area contributed by atoms with Crippen LogP contribution in [-0.4, -0.2) is 5.97 Å². The summed E-state index contributed by atoms with van der Waals surface area (Å²) in [5, 5.41) is 9.63. The van der Waals surface area contributed by atoms with Crippen molar-refractivity contribution >= 4 is 28.6 Å². The van der Waals surface area contributed by atoms with E-state index >= 15 is 0 Å². The predicted molar refractivity (Wildman–Crippen MR) is 109 cm³/mol. The Kier molecular flexibility index (Phi) is 5.81. The van der Waals surface area contributed by atoms with E-state index in [-0.39, 0.29) is 18.1 Å². The molecule has 0 saturated carbocycles. The SMILES string of the molecule is CC1=C(C(=O)OCc2ccccc2)C(c2ccccc2I)C(C#N)=C(N)O1. The highest BCUT2D eigenvalue weighted by atomic mass is 127. The number of rotatable bonds is 4. The number of hydrogen-bond donors (Lipinski definition) is 1. The molecule has 0 spiro atoms. The largest absolute Gasteiger partial charge is 0.457 e. The lowest BCUT2D eigenvalue weighted by molar-refractivity contribution is -0.140. The van der Waals surface area contributed by atoms with Crippen LogP contribution in [0.1, 0.15) is 24.0 Å². The van der Waals surface area contributed by atoms with E-state index in [1.807, 2.05) is 54.6 Å². The summed E-state index contributed by atoms with van der Waals surface area (Å²) in [6.45, 7) is 1.79. The van der Waals surface area contributed by atoms with E-state index in [0.717, 1.165) is 14.7 Å². The van der Waals surface area contributed by atoms with Gasteiger partial charge in [-0.25, -0.2) is 4.79 Å². The molecule has 0 bridgehead atoms. The van der Waals surface area contributed by atoms with Crippen LogP contribution in [0, 0.1) is 14.9 Å².